The molecule has 8 heteroatoms. The lowest BCUT2D eigenvalue weighted by Crippen LogP contribution is -2.33. The van der Waals surface area contributed by atoms with Gasteiger partial charge in [0, 0.05) is 17.2 Å². The second-order valence-corrected chi connectivity index (χ2v) is 6.68. The first kappa shape index (κ1) is 19.6. The van der Waals surface area contributed by atoms with Crippen LogP contribution in [0, 0.1) is 17.0 Å². The van der Waals surface area contributed by atoms with Gasteiger partial charge in [0.1, 0.15) is 21.9 Å². The molecule has 0 aliphatic rings. The summed E-state index contributed by atoms with van der Waals surface area (Å²) in [6.45, 7) is 2.89. The first-order chi connectivity index (χ1) is 11.6. The number of hydrogen-bond acceptors (Lipinski definition) is 4. The average molecular weight is 390 g/mol. The molecular weight excluding hydrogens is 375 g/mol. The second kappa shape index (κ2) is 7.23. The van der Waals surface area contributed by atoms with Gasteiger partial charge in [-0.05, 0) is 37.6 Å². The molecule has 0 spiro atoms. The number of aliphatic hydroxyl groups is 1. The van der Waals surface area contributed by atoms with E-state index < -0.39 is 29.1 Å². The highest BCUT2D eigenvalue weighted by Gasteiger charge is 2.40. The van der Waals surface area contributed by atoms with Gasteiger partial charge in [0.05, 0.1) is 18.6 Å². The molecule has 0 aliphatic heterocycles. The molecule has 0 bridgehead atoms. The van der Waals surface area contributed by atoms with Crippen molar-refractivity contribution in [3.8, 4) is 11.1 Å². The number of benzene rings is 1. The van der Waals surface area contributed by atoms with Gasteiger partial charge in [0.15, 0.2) is 0 Å². The Morgan fingerprint density at radius 1 is 1.24 bits per heavy atom. The zero-order chi connectivity index (χ0) is 18.9. The quantitative estimate of drug-likeness (QED) is 0.614. The number of carbonyl (C=O) groups is 1. The first-order valence-corrected chi connectivity index (χ1v) is 7.93. The van der Waals surface area contributed by atoms with E-state index in [1.807, 2.05) is 0 Å². The van der Waals surface area contributed by atoms with E-state index in [1.54, 1.807) is 0 Å². The zero-order valence-corrected chi connectivity index (χ0v) is 15.1. The normalized spacial score (nSPS) is 12.8. The van der Waals surface area contributed by atoms with Crippen molar-refractivity contribution in [1.82, 2.24) is 4.98 Å². The lowest BCUT2D eigenvalue weighted by atomic mass is 9.80. The van der Waals surface area contributed by atoms with Crippen molar-refractivity contribution in [2.45, 2.75) is 20.0 Å². The molecule has 2 aromatic rings. The Bertz CT molecular complexity index is 828. The molecular formula is C17H15Cl2F2NO3. The third-order valence-corrected chi connectivity index (χ3v) is 4.35. The van der Waals surface area contributed by atoms with Crippen LogP contribution in [-0.2, 0) is 9.53 Å². The molecule has 0 radical (unpaired) electrons. The third-order valence-electron chi connectivity index (χ3n) is 3.87. The highest BCUT2D eigenvalue weighted by atomic mass is 35.5. The Morgan fingerprint density at radius 3 is 2.44 bits per heavy atom. The molecule has 0 fully saturated rings. The fourth-order valence-corrected chi connectivity index (χ4v) is 2.95. The Kier molecular flexibility index (Phi) is 5.66. The minimum absolute atomic E-state index is 0.00743. The van der Waals surface area contributed by atoms with E-state index in [2.05, 4.69) is 4.98 Å². The molecule has 134 valence electrons. The van der Waals surface area contributed by atoms with Crippen LogP contribution in [0.25, 0.3) is 11.1 Å². The minimum Gasteiger partial charge on any atom is -0.469 e. The maximum atomic E-state index is 14.2. The lowest BCUT2D eigenvalue weighted by molar-refractivity contribution is -0.157. The summed E-state index contributed by atoms with van der Waals surface area (Å²) in [4.78, 5) is 15.8. The van der Waals surface area contributed by atoms with Crippen LogP contribution >= 0.6 is 23.2 Å². The topological polar surface area (TPSA) is 59.4 Å². The third kappa shape index (κ3) is 3.76. The first-order valence-electron chi connectivity index (χ1n) is 7.17. The number of hydrogen-bond donors (Lipinski definition) is 1. The number of carbonyl (C=O) groups excluding carboxylic acids is 1. The van der Waals surface area contributed by atoms with Crippen LogP contribution in [0.1, 0.15) is 25.5 Å². The second-order valence-electron chi connectivity index (χ2n) is 5.94. The van der Waals surface area contributed by atoms with Crippen molar-refractivity contribution in [1.29, 1.82) is 0 Å². The standard InChI is InChI=1S/C17H15Cl2F2NO3/c1-17(2,16(24)25-3)14(23)13-10(7-12(18)22-15(13)19)9-5-4-8(20)6-11(9)21/h4-7,14,23H,1-3H3. The van der Waals surface area contributed by atoms with Gasteiger partial charge in [-0.1, -0.05) is 23.2 Å². The molecule has 1 aromatic heterocycles. The van der Waals surface area contributed by atoms with Crippen molar-refractivity contribution in [2.75, 3.05) is 7.11 Å². The smallest absolute Gasteiger partial charge is 0.314 e. The van der Waals surface area contributed by atoms with Crippen molar-refractivity contribution in [2.24, 2.45) is 5.41 Å². The molecule has 0 amide bonds. The molecule has 1 unspecified atom stereocenters. The molecule has 25 heavy (non-hydrogen) atoms. The van der Waals surface area contributed by atoms with E-state index in [9.17, 15) is 18.7 Å². The number of rotatable bonds is 4. The van der Waals surface area contributed by atoms with Gasteiger partial charge in [-0.2, -0.15) is 0 Å². The van der Waals surface area contributed by atoms with Crippen LogP contribution in [0.2, 0.25) is 10.3 Å². The van der Waals surface area contributed by atoms with Crippen molar-refractivity contribution >= 4 is 29.2 Å². The van der Waals surface area contributed by atoms with Crippen LogP contribution in [0.4, 0.5) is 8.78 Å². The minimum atomic E-state index is -1.48. The molecule has 1 atom stereocenters. The van der Waals surface area contributed by atoms with Crippen molar-refractivity contribution in [3.63, 3.8) is 0 Å². The molecule has 0 aliphatic carbocycles. The van der Waals surface area contributed by atoms with Gasteiger partial charge >= 0.3 is 5.97 Å². The average Bonchev–Trinajstić information content (AvgIpc) is 2.52. The number of nitrogens with zero attached hydrogens (tertiary/aromatic N) is 1. The molecule has 4 nitrogen and oxygen atoms in total. The van der Waals surface area contributed by atoms with E-state index >= 15 is 0 Å². The summed E-state index contributed by atoms with van der Waals surface area (Å²) in [6, 6.07) is 4.23. The molecule has 1 N–H and O–H groups in total. The van der Waals surface area contributed by atoms with Crippen molar-refractivity contribution < 1.29 is 23.4 Å². The highest BCUT2D eigenvalue weighted by Crippen LogP contribution is 2.43. The van der Waals surface area contributed by atoms with Crippen molar-refractivity contribution in [3.05, 3.63) is 51.8 Å². The fourth-order valence-electron chi connectivity index (χ4n) is 2.42. The zero-order valence-electron chi connectivity index (χ0n) is 13.6. The van der Waals surface area contributed by atoms with Gasteiger partial charge in [-0.3, -0.25) is 4.79 Å². The summed E-state index contributed by atoms with van der Waals surface area (Å²) >= 11 is 12.0. The lowest BCUT2D eigenvalue weighted by Gasteiger charge is -2.29. The van der Waals surface area contributed by atoms with E-state index in [-0.39, 0.29) is 27.0 Å². The molecule has 1 aromatic carbocycles. The van der Waals surface area contributed by atoms with Gasteiger partial charge in [0.25, 0.3) is 0 Å². The summed E-state index contributed by atoms with van der Waals surface area (Å²) in [7, 11) is 1.18. The summed E-state index contributed by atoms with van der Waals surface area (Å²) in [5, 5.41) is 10.5. The fraction of sp³-hybridized carbons (Fsp3) is 0.294. The number of halogens is 4. The Morgan fingerprint density at radius 2 is 1.88 bits per heavy atom. The van der Waals surface area contributed by atoms with Crippen LogP contribution in [0.3, 0.4) is 0 Å². The SMILES string of the molecule is COC(=O)C(C)(C)C(O)c1c(-c2ccc(F)cc2F)cc(Cl)nc1Cl. The number of ether oxygens (including phenoxy) is 1. The summed E-state index contributed by atoms with van der Waals surface area (Å²) in [6.07, 6.45) is -1.48. The molecule has 0 saturated carbocycles. The van der Waals surface area contributed by atoms with E-state index in [4.69, 9.17) is 27.9 Å². The summed E-state index contributed by atoms with van der Waals surface area (Å²) < 4.78 is 32.1. The summed E-state index contributed by atoms with van der Waals surface area (Å²) in [5.74, 6) is -2.33. The largest absolute Gasteiger partial charge is 0.469 e. The predicted molar refractivity (Wildman–Crippen MR) is 90.4 cm³/mol. The van der Waals surface area contributed by atoms with E-state index in [0.717, 1.165) is 6.07 Å². The van der Waals surface area contributed by atoms with Crippen LogP contribution in [0.5, 0.6) is 0 Å². The van der Waals surface area contributed by atoms with Gasteiger partial charge in [-0.15, -0.1) is 0 Å². The predicted octanol–water partition coefficient (Wildman–Crippen LogP) is 4.57. The number of aliphatic hydroxyl groups excluding tert-OH is 1. The van der Waals surface area contributed by atoms with E-state index in [0.29, 0.717) is 6.07 Å². The van der Waals surface area contributed by atoms with Gasteiger partial charge in [0.2, 0.25) is 0 Å². The maximum Gasteiger partial charge on any atom is 0.314 e. The summed E-state index contributed by atoms with van der Waals surface area (Å²) in [5.41, 5.74) is -1.35. The number of aromatic nitrogens is 1. The molecule has 2 rings (SSSR count). The maximum absolute atomic E-state index is 14.2. The number of pyridine rings is 1. The van der Waals surface area contributed by atoms with Crippen LogP contribution < -0.4 is 0 Å². The molecule has 0 saturated heterocycles. The Labute approximate surface area is 153 Å². The highest BCUT2D eigenvalue weighted by molar-refractivity contribution is 6.33. The van der Waals surface area contributed by atoms with Crippen LogP contribution in [-0.4, -0.2) is 23.2 Å². The van der Waals surface area contributed by atoms with Gasteiger partial charge < -0.3 is 9.84 Å². The number of methoxy groups -OCH3 is 1. The Balaban J connectivity index is 2.72. The number of esters is 1. The van der Waals surface area contributed by atoms with Crippen LogP contribution in [0.15, 0.2) is 24.3 Å². The van der Waals surface area contributed by atoms with E-state index in [1.165, 1.54) is 33.1 Å². The monoisotopic (exact) mass is 389 g/mol. The van der Waals surface area contributed by atoms with Gasteiger partial charge in [-0.25, -0.2) is 13.8 Å². The Hall–Kier alpha value is -1.76. The molecule has 1 heterocycles.